The standard InChI is InChI=1S/C13H18FN3O/c1-8-3-2-4-10(5-8)17-13(18)11-6-9(14)7-16-12(11)15/h6-8,10H,2-5H2,1H3,(H2,15,16)(H,17,18). The Morgan fingerprint density at radius 2 is 2.33 bits per heavy atom. The molecule has 98 valence electrons. The molecule has 0 aromatic carbocycles. The largest absolute Gasteiger partial charge is 0.383 e. The van der Waals surface area contributed by atoms with Crippen LogP contribution in [0.25, 0.3) is 0 Å². The molecule has 1 aliphatic rings. The first kappa shape index (κ1) is 12.8. The fourth-order valence-corrected chi connectivity index (χ4v) is 2.46. The number of anilines is 1. The van der Waals surface area contributed by atoms with Gasteiger partial charge in [0.1, 0.15) is 11.6 Å². The zero-order valence-corrected chi connectivity index (χ0v) is 10.4. The van der Waals surface area contributed by atoms with Gasteiger partial charge in [-0.1, -0.05) is 19.8 Å². The van der Waals surface area contributed by atoms with Crippen LogP contribution >= 0.6 is 0 Å². The molecule has 1 fully saturated rings. The number of pyridine rings is 1. The number of nitrogens with one attached hydrogen (secondary N) is 1. The van der Waals surface area contributed by atoms with Gasteiger partial charge in [-0.3, -0.25) is 4.79 Å². The van der Waals surface area contributed by atoms with Gasteiger partial charge in [-0.05, 0) is 24.8 Å². The number of nitrogens with zero attached hydrogens (tertiary/aromatic N) is 1. The third-order valence-corrected chi connectivity index (χ3v) is 3.40. The summed E-state index contributed by atoms with van der Waals surface area (Å²) >= 11 is 0. The molecule has 0 saturated heterocycles. The van der Waals surface area contributed by atoms with E-state index in [-0.39, 0.29) is 23.3 Å². The number of aromatic nitrogens is 1. The van der Waals surface area contributed by atoms with Crippen LogP contribution in [0.15, 0.2) is 12.3 Å². The number of carbonyl (C=O) groups excluding carboxylic acids is 1. The van der Waals surface area contributed by atoms with E-state index in [2.05, 4.69) is 17.2 Å². The van der Waals surface area contributed by atoms with Crippen LogP contribution in [0.4, 0.5) is 10.2 Å². The van der Waals surface area contributed by atoms with Crippen LogP contribution in [0, 0.1) is 11.7 Å². The number of carbonyl (C=O) groups is 1. The first-order valence-corrected chi connectivity index (χ1v) is 6.28. The molecule has 0 spiro atoms. The van der Waals surface area contributed by atoms with E-state index in [4.69, 9.17) is 5.73 Å². The van der Waals surface area contributed by atoms with E-state index in [1.54, 1.807) is 0 Å². The molecule has 1 aliphatic carbocycles. The van der Waals surface area contributed by atoms with Gasteiger partial charge in [0, 0.05) is 6.04 Å². The molecule has 1 heterocycles. The van der Waals surface area contributed by atoms with Gasteiger partial charge in [-0.15, -0.1) is 0 Å². The number of rotatable bonds is 2. The molecule has 0 bridgehead atoms. The minimum atomic E-state index is -0.550. The van der Waals surface area contributed by atoms with Crippen LogP contribution in [0.3, 0.4) is 0 Å². The predicted molar refractivity (Wildman–Crippen MR) is 67.5 cm³/mol. The fraction of sp³-hybridized carbons (Fsp3) is 0.538. The lowest BCUT2D eigenvalue weighted by Crippen LogP contribution is -2.38. The molecule has 1 aromatic rings. The Hall–Kier alpha value is -1.65. The monoisotopic (exact) mass is 251 g/mol. The topological polar surface area (TPSA) is 68.0 Å². The van der Waals surface area contributed by atoms with E-state index >= 15 is 0 Å². The molecule has 3 N–H and O–H groups in total. The molecule has 1 saturated carbocycles. The molecule has 2 atom stereocenters. The summed E-state index contributed by atoms with van der Waals surface area (Å²) in [4.78, 5) is 15.6. The van der Waals surface area contributed by atoms with Gasteiger partial charge in [0.2, 0.25) is 0 Å². The molecular weight excluding hydrogens is 233 g/mol. The average Bonchev–Trinajstić information content (AvgIpc) is 2.32. The second-order valence-electron chi connectivity index (χ2n) is 5.03. The summed E-state index contributed by atoms with van der Waals surface area (Å²) in [6.07, 6.45) is 5.26. The lowest BCUT2D eigenvalue weighted by Gasteiger charge is -2.27. The highest BCUT2D eigenvalue weighted by molar-refractivity contribution is 5.98. The maximum absolute atomic E-state index is 13.1. The lowest BCUT2D eigenvalue weighted by atomic mass is 9.87. The van der Waals surface area contributed by atoms with Crippen molar-refractivity contribution in [3.8, 4) is 0 Å². The van der Waals surface area contributed by atoms with Crippen LogP contribution < -0.4 is 11.1 Å². The van der Waals surface area contributed by atoms with E-state index in [0.29, 0.717) is 5.92 Å². The van der Waals surface area contributed by atoms with E-state index in [1.807, 2.05) is 0 Å². The Morgan fingerprint density at radius 3 is 3.06 bits per heavy atom. The third-order valence-electron chi connectivity index (χ3n) is 3.40. The Kier molecular flexibility index (Phi) is 3.79. The molecule has 5 heteroatoms. The van der Waals surface area contributed by atoms with Gasteiger partial charge in [0.15, 0.2) is 0 Å². The quantitative estimate of drug-likeness (QED) is 0.846. The molecule has 1 amide bonds. The molecule has 4 nitrogen and oxygen atoms in total. The van der Waals surface area contributed by atoms with Gasteiger partial charge in [-0.2, -0.15) is 0 Å². The number of nitrogen functional groups attached to an aromatic ring is 1. The van der Waals surface area contributed by atoms with Crippen LogP contribution in [-0.2, 0) is 0 Å². The highest BCUT2D eigenvalue weighted by Gasteiger charge is 2.22. The summed E-state index contributed by atoms with van der Waals surface area (Å²) < 4.78 is 13.1. The average molecular weight is 251 g/mol. The lowest BCUT2D eigenvalue weighted by molar-refractivity contribution is 0.0921. The molecule has 18 heavy (non-hydrogen) atoms. The van der Waals surface area contributed by atoms with E-state index in [1.165, 1.54) is 6.42 Å². The van der Waals surface area contributed by atoms with E-state index < -0.39 is 5.82 Å². The highest BCUT2D eigenvalue weighted by atomic mass is 19.1. The normalized spacial score (nSPS) is 23.7. The summed E-state index contributed by atoms with van der Waals surface area (Å²) in [7, 11) is 0. The highest BCUT2D eigenvalue weighted by Crippen LogP contribution is 2.24. The van der Waals surface area contributed by atoms with E-state index in [0.717, 1.165) is 31.5 Å². The van der Waals surface area contributed by atoms with Gasteiger partial charge >= 0.3 is 0 Å². The van der Waals surface area contributed by atoms with Crippen LogP contribution in [0.2, 0.25) is 0 Å². The minimum Gasteiger partial charge on any atom is -0.383 e. The molecule has 0 radical (unpaired) electrons. The van der Waals surface area contributed by atoms with Gasteiger partial charge in [0.05, 0.1) is 11.8 Å². The van der Waals surface area contributed by atoms with Crippen molar-refractivity contribution in [3.63, 3.8) is 0 Å². The first-order chi connectivity index (χ1) is 8.56. The van der Waals surface area contributed by atoms with Crippen molar-refractivity contribution >= 4 is 11.7 Å². The maximum Gasteiger partial charge on any atom is 0.255 e. The number of amides is 1. The summed E-state index contributed by atoms with van der Waals surface area (Å²) in [6, 6.07) is 1.29. The Bertz CT molecular complexity index is 450. The predicted octanol–water partition coefficient (Wildman–Crippen LogP) is 2.11. The first-order valence-electron chi connectivity index (χ1n) is 6.28. The van der Waals surface area contributed by atoms with Crippen molar-refractivity contribution in [2.45, 2.75) is 38.6 Å². The van der Waals surface area contributed by atoms with Crippen LogP contribution in [0.5, 0.6) is 0 Å². The van der Waals surface area contributed by atoms with Gasteiger partial charge in [0.25, 0.3) is 5.91 Å². The van der Waals surface area contributed by atoms with Gasteiger partial charge < -0.3 is 11.1 Å². The van der Waals surface area contributed by atoms with Crippen LogP contribution in [-0.4, -0.2) is 16.9 Å². The van der Waals surface area contributed by atoms with Crippen LogP contribution in [0.1, 0.15) is 43.0 Å². The number of hydrogen-bond donors (Lipinski definition) is 2. The number of halogens is 1. The van der Waals surface area contributed by atoms with Crippen molar-refractivity contribution in [2.24, 2.45) is 5.92 Å². The number of nitrogens with two attached hydrogens (primary N) is 1. The second kappa shape index (κ2) is 5.33. The molecule has 2 unspecified atom stereocenters. The Balaban J connectivity index is 2.05. The van der Waals surface area contributed by atoms with Gasteiger partial charge in [-0.25, -0.2) is 9.37 Å². The molecule has 1 aromatic heterocycles. The smallest absolute Gasteiger partial charge is 0.255 e. The van der Waals surface area contributed by atoms with E-state index in [9.17, 15) is 9.18 Å². The maximum atomic E-state index is 13.1. The van der Waals surface area contributed by atoms with Crippen molar-refractivity contribution < 1.29 is 9.18 Å². The number of hydrogen-bond acceptors (Lipinski definition) is 3. The fourth-order valence-electron chi connectivity index (χ4n) is 2.46. The SMILES string of the molecule is CC1CCCC(NC(=O)c2cc(F)cnc2N)C1. The third kappa shape index (κ3) is 2.97. The zero-order chi connectivity index (χ0) is 13.1. The Labute approximate surface area is 106 Å². The van der Waals surface area contributed by atoms with Crippen molar-refractivity contribution in [1.82, 2.24) is 10.3 Å². The zero-order valence-electron chi connectivity index (χ0n) is 10.4. The second-order valence-corrected chi connectivity index (χ2v) is 5.03. The Morgan fingerprint density at radius 1 is 1.56 bits per heavy atom. The molecular formula is C13H18FN3O. The molecule has 0 aliphatic heterocycles. The minimum absolute atomic E-state index is 0.0674. The summed E-state index contributed by atoms with van der Waals surface area (Å²) in [5, 5.41) is 2.91. The molecule has 2 rings (SSSR count). The van der Waals surface area contributed by atoms with Crippen molar-refractivity contribution in [2.75, 3.05) is 5.73 Å². The summed E-state index contributed by atoms with van der Waals surface area (Å²) in [5.41, 5.74) is 5.70. The summed E-state index contributed by atoms with van der Waals surface area (Å²) in [5.74, 6) is -0.199. The summed E-state index contributed by atoms with van der Waals surface area (Å²) in [6.45, 7) is 2.18. The van der Waals surface area contributed by atoms with Crippen molar-refractivity contribution in [1.29, 1.82) is 0 Å². The van der Waals surface area contributed by atoms with Crippen molar-refractivity contribution in [3.05, 3.63) is 23.6 Å².